The average molecular weight is 304 g/mol. The first-order valence-electron chi connectivity index (χ1n) is 6.63. The van der Waals surface area contributed by atoms with Crippen molar-refractivity contribution < 1.29 is 4.39 Å². The highest BCUT2D eigenvalue weighted by atomic mass is 32.2. The Balaban J connectivity index is 2.26. The van der Waals surface area contributed by atoms with Gasteiger partial charge in [-0.1, -0.05) is 30.0 Å². The molecule has 2 aromatic rings. The van der Waals surface area contributed by atoms with E-state index in [0.29, 0.717) is 22.8 Å². The van der Waals surface area contributed by atoms with Crippen molar-refractivity contribution in [2.75, 3.05) is 0 Å². The van der Waals surface area contributed by atoms with Crippen LogP contribution in [0.15, 0.2) is 46.9 Å². The molecule has 0 fully saturated rings. The molecule has 0 saturated heterocycles. The molecule has 1 aromatic carbocycles. The van der Waals surface area contributed by atoms with E-state index in [0.717, 1.165) is 5.56 Å². The van der Waals surface area contributed by atoms with Crippen molar-refractivity contribution >= 4 is 11.8 Å². The summed E-state index contributed by atoms with van der Waals surface area (Å²) in [5, 5.41) is 0.767. The predicted octanol–water partition coefficient (Wildman–Crippen LogP) is 3.47. The molecule has 1 aromatic heterocycles. The lowest BCUT2D eigenvalue weighted by molar-refractivity contribution is 0.627. The lowest BCUT2D eigenvalue weighted by atomic mass is 10.1. The number of hydrogen-bond donors (Lipinski definition) is 1. The zero-order valence-corrected chi connectivity index (χ0v) is 12.8. The second kappa shape index (κ2) is 6.72. The van der Waals surface area contributed by atoms with Crippen LogP contribution >= 0.6 is 11.8 Å². The number of aromatic amines is 1. The molecule has 1 atom stereocenters. The zero-order chi connectivity index (χ0) is 15.4. The highest BCUT2D eigenvalue weighted by Gasteiger charge is 2.11. The smallest absolute Gasteiger partial charge is 0.255 e. The van der Waals surface area contributed by atoms with E-state index in [2.05, 4.69) is 16.5 Å². The van der Waals surface area contributed by atoms with Gasteiger partial charge in [0.05, 0.1) is 0 Å². The monoisotopic (exact) mass is 304 g/mol. The van der Waals surface area contributed by atoms with Crippen LogP contribution in [0.2, 0.25) is 0 Å². The first kappa shape index (κ1) is 15.5. The summed E-state index contributed by atoms with van der Waals surface area (Å²) < 4.78 is 12.9. The van der Waals surface area contributed by atoms with E-state index in [9.17, 15) is 9.18 Å². The van der Waals surface area contributed by atoms with Crippen LogP contribution in [0.3, 0.4) is 0 Å². The normalized spacial score (nSPS) is 12.1. The molecule has 1 N–H and O–H groups in total. The number of thioether (sulfide) groups is 1. The van der Waals surface area contributed by atoms with Crippen molar-refractivity contribution in [2.24, 2.45) is 0 Å². The van der Waals surface area contributed by atoms with Gasteiger partial charge in [0.15, 0.2) is 5.16 Å². The molecule has 0 saturated carbocycles. The molecule has 0 amide bonds. The van der Waals surface area contributed by atoms with Crippen molar-refractivity contribution in [3.05, 3.63) is 69.9 Å². The Morgan fingerprint density at radius 3 is 2.67 bits per heavy atom. The Labute approximate surface area is 127 Å². The van der Waals surface area contributed by atoms with Crippen LogP contribution in [0.4, 0.5) is 4.39 Å². The Morgan fingerprint density at radius 2 is 2.10 bits per heavy atom. The van der Waals surface area contributed by atoms with Crippen molar-refractivity contribution in [1.82, 2.24) is 9.97 Å². The van der Waals surface area contributed by atoms with Crippen LogP contribution in [0.5, 0.6) is 0 Å². The molecule has 0 aliphatic heterocycles. The summed E-state index contributed by atoms with van der Waals surface area (Å²) in [6.07, 6.45) is 2.24. The Kier molecular flexibility index (Phi) is 4.96. The summed E-state index contributed by atoms with van der Waals surface area (Å²) in [4.78, 5) is 19.4. The maximum atomic E-state index is 12.9. The summed E-state index contributed by atoms with van der Waals surface area (Å²) in [5.74, 6) is -0.285. The summed E-state index contributed by atoms with van der Waals surface area (Å²) in [5.41, 5.74) is 2.04. The molecule has 110 valence electrons. The average Bonchev–Trinajstić information content (AvgIpc) is 2.44. The van der Waals surface area contributed by atoms with Gasteiger partial charge in [0.1, 0.15) is 5.82 Å². The molecular weight excluding hydrogens is 287 g/mol. The second-order valence-electron chi connectivity index (χ2n) is 4.80. The number of H-pyrrole nitrogens is 1. The third-order valence-corrected chi connectivity index (χ3v) is 4.10. The van der Waals surface area contributed by atoms with Gasteiger partial charge in [-0.15, -0.1) is 6.58 Å². The number of rotatable bonds is 5. The first-order chi connectivity index (χ1) is 9.99. The van der Waals surface area contributed by atoms with Gasteiger partial charge in [-0.2, -0.15) is 0 Å². The van der Waals surface area contributed by atoms with E-state index < -0.39 is 0 Å². The maximum Gasteiger partial charge on any atom is 0.255 e. The van der Waals surface area contributed by atoms with Gasteiger partial charge in [-0.3, -0.25) is 4.79 Å². The van der Waals surface area contributed by atoms with Crippen LogP contribution in [0, 0.1) is 12.7 Å². The van der Waals surface area contributed by atoms with Crippen LogP contribution in [-0.4, -0.2) is 15.2 Å². The Morgan fingerprint density at radius 1 is 1.43 bits per heavy atom. The quantitative estimate of drug-likeness (QED) is 0.522. The highest BCUT2D eigenvalue weighted by Crippen LogP contribution is 2.20. The van der Waals surface area contributed by atoms with Gasteiger partial charge in [0, 0.05) is 22.9 Å². The van der Waals surface area contributed by atoms with E-state index >= 15 is 0 Å². The maximum absolute atomic E-state index is 12.9. The topological polar surface area (TPSA) is 45.8 Å². The number of aryl methyl sites for hydroxylation is 1. The third-order valence-electron chi connectivity index (χ3n) is 3.12. The van der Waals surface area contributed by atoms with Gasteiger partial charge in [0.25, 0.3) is 5.56 Å². The number of nitrogens with zero attached hydrogens (tertiary/aromatic N) is 1. The molecule has 0 radical (unpaired) electrons. The molecule has 21 heavy (non-hydrogen) atoms. The first-order valence-corrected chi connectivity index (χ1v) is 7.51. The number of hydrogen-bond acceptors (Lipinski definition) is 3. The lowest BCUT2D eigenvalue weighted by Crippen LogP contribution is -2.18. The molecule has 0 bridgehead atoms. The zero-order valence-electron chi connectivity index (χ0n) is 12.0. The standard InChI is InChI=1S/C16H17FN2OS/c1-4-10(2)21-16-18-11(3)14(15(20)19-16)9-12-5-7-13(17)8-6-12/h4-8,10H,1,9H2,2-3H3,(H,18,19,20). The highest BCUT2D eigenvalue weighted by molar-refractivity contribution is 7.99. The molecule has 0 aliphatic carbocycles. The summed E-state index contributed by atoms with van der Waals surface area (Å²) in [6, 6.07) is 6.14. The van der Waals surface area contributed by atoms with Gasteiger partial charge in [0.2, 0.25) is 0 Å². The molecule has 0 aliphatic rings. The minimum atomic E-state index is -0.285. The number of benzene rings is 1. The Hall–Kier alpha value is -1.88. The summed E-state index contributed by atoms with van der Waals surface area (Å²) in [7, 11) is 0. The molecule has 1 heterocycles. The summed E-state index contributed by atoms with van der Waals surface area (Å²) in [6.45, 7) is 7.51. The van der Waals surface area contributed by atoms with Gasteiger partial charge < -0.3 is 4.98 Å². The van der Waals surface area contributed by atoms with Crippen molar-refractivity contribution in [3.63, 3.8) is 0 Å². The number of nitrogens with one attached hydrogen (secondary N) is 1. The fraction of sp³-hybridized carbons (Fsp3) is 0.250. The fourth-order valence-electron chi connectivity index (χ4n) is 1.88. The molecule has 5 heteroatoms. The van der Waals surface area contributed by atoms with Crippen LogP contribution < -0.4 is 5.56 Å². The van der Waals surface area contributed by atoms with E-state index in [1.54, 1.807) is 18.2 Å². The van der Waals surface area contributed by atoms with E-state index in [1.807, 2.05) is 13.8 Å². The van der Waals surface area contributed by atoms with Gasteiger partial charge >= 0.3 is 0 Å². The molecule has 2 rings (SSSR count). The number of halogens is 1. The fourth-order valence-corrected chi connectivity index (χ4v) is 2.67. The molecule has 3 nitrogen and oxygen atoms in total. The van der Waals surface area contributed by atoms with E-state index in [-0.39, 0.29) is 16.6 Å². The SMILES string of the molecule is C=CC(C)Sc1nc(C)c(Cc2ccc(F)cc2)c(=O)[nH]1. The van der Waals surface area contributed by atoms with Crippen LogP contribution in [0.25, 0.3) is 0 Å². The number of aromatic nitrogens is 2. The molecular formula is C16H17FN2OS. The summed E-state index contributed by atoms with van der Waals surface area (Å²) >= 11 is 1.45. The van der Waals surface area contributed by atoms with Gasteiger partial charge in [-0.05, 0) is 31.5 Å². The van der Waals surface area contributed by atoms with Crippen molar-refractivity contribution in [1.29, 1.82) is 0 Å². The molecule has 0 spiro atoms. The minimum Gasteiger partial charge on any atom is -0.301 e. The molecule has 1 unspecified atom stereocenters. The lowest BCUT2D eigenvalue weighted by Gasteiger charge is -2.09. The van der Waals surface area contributed by atoms with Crippen molar-refractivity contribution in [3.8, 4) is 0 Å². The van der Waals surface area contributed by atoms with Crippen LogP contribution in [0.1, 0.15) is 23.7 Å². The Bertz CT molecular complexity index is 694. The van der Waals surface area contributed by atoms with Gasteiger partial charge in [-0.25, -0.2) is 9.37 Å². The minimum absolute atomic E-state index is 0.148. The van der Waals surface area contributed by atoms with Crippen molar-refractivity contribution in [2.45, 2.75) is 30.7 Å². The predicted molar refractivity (Wildman–Crippen MR) is 84.3 cm³/mol. The van der Waals surface area contributed by atoms with E-state index in [1.165, 1.54) is 23.9 Å². The van der Waals surface area contributed by atoms with E-state index in [4.69, 9.17) is 0 Å². The van der Waals surface area contributed by atoms with Crippen LogP contribution in [-0.2, 0) is 6.42 Å². The second-order valence-corrected chi connectivity index (χ2v) is 6.16. The third kappa shape index (κ3) is 4.04. The largest absolute Gasteiger partial charge is 0.301 e.